The van der Waals surface area contributed by atoms with Crippen molar-refractivity contribution < 1.29 is 34.5 Å². The van der Waals surface area contributed by atoms with Crippen LogP contribution in [0.3, 0.4) is 0 Å². The number of oxime groups is 1. The maximum atomic E-state index is 13.5. The summed E-state index contributed by atoms with van der Waals surface area (Å²) in [5.74, 6) is -1.61. The van der Waals surface area contributed by atoms with E-state index in [1.54, 1.807) is 6.21 Å². The Bertz CT molecular complexity index is 861. The van der Waals surface area contributed by atoms with Gasteiger partial charge in [-0.3, -0.25) is 4.79 Å². The number of nitrogens with zero attached hydrogens (tertiary/aromatic N) is 2. The maximum Gasteiger partial charge on any atom is 0.414 e. The molecule has 0 saturated heterocycles. The Morgan fingerprint density at radius 1 is 1.08 bits per heavy atom. The monoisotopic (exact) mass is 536 g/mol. The van der Waals surface area contributed by atoms with Crippen molar-refractivity contribution in [1.29, 1.82) is 0 Å². The number of aliphatic hydroxyl groups excluding tert-OH is 1. The molecule has 0 spiro atoms. The number of carbonyl (C=O) groups is 3. The molecule has 0 aromatic carbocycles. The van der Waals surface area contributed by atoms with E-state index in [0.717, 1.165) is 57.9 Å². The number of allylic oxidation sites excluding steroid dienone is 2. The summed E-state index contributed by atoms with van der Waals surface area (Å²) in [7, 11) is 4.02. The van der Waals surface area contributed by atoms with Gasteiger partial charge in [0, 0.05) is 17.9 Å². The average Bonchev–Trinajstić information content (AvgIpc) is 2.85. The third-order valence-electron chi connectivity index (χ3n) is 9.28. The van der Waals surface area contributed by atoms with Gasteiger partial charge >= 0.3 is 11.9 Å². The third kappa shape index (κ3) is 7.88. The molecule has 0 radical (unpaired) electrons. The van der Waals surface area contributed by atoms with Gasteiger partial charge in [0.25, 0.3) is 0 Å². The Labute approximate surface area is 227 Å². The van der Waals surface area contributed by atoms with Gasteiger partial charge in [-0.05, 0) is 94.7 Å². The van der Waals surface area contributed by atoms with Crippen LogP contribution in [0.15, 0.2) is 17.3 Å². The minimum Gasteiger partial charge on any atom is -0.473 e. The molecule has 7 atom stereocenters. The number of hydrogen-bond acceptors (Lipinski definition) is 7. The summed E-state index contributed by atoms with van der Waals surface area (Å²) in [5, 5.41) is 29.7. The Hall–Kier alpha value is -2.26. The van der Waals surface area contributed by atoms with Crippen LogP contribution in [0, 0.1) is 34.5 Å². The Kier molecular flexibility index (Phi) is 12.0. The van der Waals surface area contributed by atoms with E-state index in [2.05, 4.69) is 36.9 Å². The second-order valence-corrected chi connectivity index (χ2v) is 12.1. The highest BCUT2D eigenvalue weighted by Gasteiger charge is 2.58. The highest BCUT2D eigenvalue weighted by Crippen LogP contribution is 2.62. The van der Waals surface area contributed by atoms with Crippen LogP contribution in [0.5, 0.6) is 0 Å². The molecule has 0 aliphatic heterocycles. The van der Waals surface area contributed by atoms with Crippen LogP contribution in [-0.2, 0) is 19.2 Å². The standard InChI is InChI=1S/C27H46N2O3.C2H2O4/c1-6-14-26(2)15-12-23-21(25(26)31)10-11-22-20(24(30)13-16-27(22,23)3)9-7-8-17-28-32-19-18-29(4)5;3-1(4)2(5)6/h7-8,17,20-24,30H,6,9-16,18-19H2,1-5H3;(H,3,4)(H,5,6)/b8-7+,28-17-;/t20?,21-,22-,23+,24+,26+,27+;/m1./s1. The first-order valence-electron chi connectivity index (χ1n) is 14.0. The molecule has 0 bridgehead atoms. The lowest BCUT2D eigenvalue weighted by molar-refractivity contribution is -0.160. The SMILES string of the molecule is CCC[C@@]1(C)CC[C@H]2[C@@H](CC[C@@H]3C(C/C=C/C=N\OCCN(C)C)[C@@H](O)CC[C@@]32C)C1=O.O=C(O)C(=O)O. The number of hydrogen-bond donors (Lipinski definition) is 3. The van der Waals surface area contributed by atoms with Crippen LogP contribution < -0.4 is 0 Å². The molecule has 1 unspecified atom stereocenters. The fourth-order valence-corrected chi connectivity index (χ4v) is 7.30. The molecule has 0 amide bonds. The maximum absolute atomic E-state index is 13.5. The van der Waals surface area contributed by atoms with E-state index < -0.39 is 11.9 Å². The highest BCUT2D eigenvalue weighted by atomic mass is 16.6. The number of rotatable bonds is 9. The number of carbonyl (C=O) groups excluding carboxylic acids is 1. The number of carboxylic acid groups (broad SMARTS) is 2. The first-order chi connectivity index (χ1) is 17.9. The van der Waals surface area contributed by atoms with E-state index in [4.69, 9.17) is 24.6 Å². The Morgan fingerprint density at radius 2 is 1.76 bits per heavy atom. The molecule has 0 heterocycles. The lowest BCUT2D eigenvalue weighted by Crippen LogP contribution is -2.57. The van der Waals surface area contributed by atoms with Gasteiger partial charge in [0.2, 0.25) is 0 Å². The number of Topliss-reactive ketones (excluding diaryl/α,β-unsaturated/α-hetero) is 1. The summed E-state index contributed by atoms with van der Waals surface area (Å²) in [4.78, 5) is 39.0. The zero-order chi connectivity index (χ0) is 28.5. The first kappa shape index (κ1) is 32.0. The number of fused-ring (bicyclic) bond motifs is 3. The van der Waals surface area contributed by atoms with E-state index in [1.807, 2.05) is 20.2 Å². The van der Waals surface area contributed by atoms with Crippen molar-refractivity contribution >= 4 is 23.9 Å². The van der Waals surface area contributed by atoms with Crippen molar-refractivity contribution in [1.82, 2.24) is 4.90 Å². The Balaban J connectivity index is 0.000000757. The summed E-state index contributed by atoms with van der Waals surface area (Å²) >= 11 is 0. The molecule has 0 aromatic heterocycles. The van der Waals surface area contributed by atoms with Crippen molar-refractivity contribution in [3.8, 4) is 0 Å². The smallest absolute Gasteiger partial charge is 0.414 e. The molecular formula is C29H48N2O7. The summed E-state index contributed by atoms with van der Waals surface area (Å²) in [6.07, 6.45) is 14.7. The summed E-state index contributed by atoms with van der Waals surface area (Å²) in [6.45, 7) is 8.28. The lowest BCUT2D eigenvalue weighted by atomic mass is 9.44. The predicted molar refractivity (Wildman–Crippen MR) is 146 cm³/mol. The summed E-state index contributed by atoms with van der Waals surface area (Å²) in [5.41, 5.74) is 0.0661. The van der Waals surface area contributed by atoms with E-state index in [9.17, 15) is 9.90 Å². The van der Waals surface area contributed by atoms with Gasteiger partial charge in [0.1, 0.15) is 12.4 Å². The molecule has 0 aromatic rings. The molecule has 9 nitrogen and oxygen atoms in total. The number of carboxylic acids is 2. The van der Waals surface area contributed by atoms with Crippen LogP contribution in [-0.4, -0.2) is 77.5 Å². The van der Waals surface area contributed by atoms with Gasteiger partial charge in [-0.2, -0.15) is 0 Å². The zero-order valence-electron chi connectivity index (χ0n) is 23.8. The topological polar surface area (TPSA) is 137 Å². The van der Waals surface area contributed by atoms with Gasteiger partial charge in [-0.25, -0.2) is 9.59 Å². The summed E-state index contributed by atoms with van der Waals surface area (Å²) in [6, 6.07) is 0. The van der Waals surface area contributed by atoms with Crippen molar-refractivity contribution in [2.75, 3.05) is 27.2 Å². The zero-order valence-corrected chi connectivity index (χ0v) is 23.8. The molecule has 3 fully saturated rings. The number of ketones is 1. The van der Waals surface area contributed by atoms with Crippen molar-refractivity contribution in [2.24, 2.45) is 39.7 Å². The van der Waals surface area contributed by atoms with Crippen molar-refractivity contribution in [3.63, 3.8) is 0 Å². The molecule has 3 rings (SSSR count). The molecule has 3 saturated carbocycles. The van der Waals surface area contributed by atoms with Crippen LogP contribution in [0.25, 0.3) is 0 Å². The second-order valence-electron chi connectivity index (χ2n) is 12.1. The minimum atomic E-state index is -1.82. The van der Waals surface area contributed by atoms with Gasteiger partial charge in [0.05, 0.1) is 12.3 Å². The average molecular weight is 537 g/mol. The second kappa shape index (κ2) is 14.2. The number of aliphatic carboxylic acids is 2. The minimum absolute atomic E-state index is 0.108. The van der Waals surface area contributed by atoms with Crippen molar-refractivity contribution in [3.05, 3.63) is 12.2 Å². The van der Waals surface area contributed by atoms with E-state index >= 15 is 0 Å². The predicted octanol–water partition coefficient (Wildman–Crippen LogP) is 4.24. The molecule has 216 valence electrons. The fourth-order valence-electron chi connectivity index (χ4n) is 7.30. The third-order valence-corrected chi connectivity index (χ3v) is 9.28. The quantitative estimate of drug-likeness (QED) is 0.172. The molecule has 3 aliphatic rings. The van der Waals surface area contributed by atoms with Gasteiger partial charge in [-0.15, -0.1) is 0 Å². The number of aliphatic hydroxyl groups is 1. The number of likely N-dealkylation sites (N-methyl/N-ethyl adjacent to an activating group) is 1. The fraction of sp³-hybridized carbons (Fsp3) is 0.793. The highest BCUT2D eigenvalue weighted by molar-refractivity contribution is 6.27. The van der Waals surface area contributed by atoms with E-state index in [0.29, 0.717) is 24.2 Å². The van der Waals surface area contributed by atoms with Crippen LogP contribution in [0.4, 0.5) is 0 Å². The first-order valence-corrected chi connectivity index (χ1v) is 14.0. The molecule has 3 N–H and O–H groups in total. The Morgan fingerprint density at radius 3 is 2.37 bits per heavy atom. The van der Waals surface area contributed by atoms with Crippen molar-refractivity contribution in [2.45, 2.75) is 84.7 Å². The van der Waals surface area contributed by atoms with Crippen LogP contribution in [0.2, 0.25) is 0 Å². The largest absolute Gasteiger partial charge is 0.473 e. The van der Waals surface area contributed by atoms with Gasteiger partial charge < -0.3 is 25.1 Å². The molecular weight excluding hydrogens is 488 g/mol. The summed E-state index contributed by atoms with van der Waals surface area (Å²) < 4.78 is 0. The van der Waals surface area contributed by atoms with Crippen LogP contribution in [0.1, 0.15) is 78.6 Å². The normalized spacial score (nSPS) is 34.9. The molecule has 9 heteroatoms. The van der Waals surface area contributed by atoms with Gasteiger partial charge in [-0.1, -0.05) is 38.4 Å². The molecule has 38 heavy (non-hydrogen) atoms. The lowest BCUT2D eigenvalue weighted by Gasteiger charge is -2.60. The molecule has 3 aliphatic carbocycles. The van der Waals surface area contributed by atoms with E-state index in [-0.39, 0.29) is 28.8 Å². The van der Waals surface area contributed by atoms with Crippen LogP contribution >= 0.6 is 0 Å². The van der Waals surface area contributed by atoms with E-state index in [1.165, 1.54) is 6.42 Å². The van der Waals surface area contributed by atoms with Gasteiger partial charge in [0.15, 0.2) is 0 Å².